The van der Waals surface area contributed by atoms with E-state index in [1.165, 1.54) is 11.8 Å². The molecule has 172 valence electrons. The molecule has 0 N–H and O–H groups in total. The quantitative estimate of drug-likeness (QED) is 0.241. The van der Waals surface area contributed by atoms with Crippen LogP contribution in [0.15, 0.2) is 45.4 Å². The number of hydrogen-bond donors (Lipinski definition) is 0. The average molecular weight is 488 g/mol. The van der Waals surface area contributed by atoms with Crippen LogP contribution in [0.4, 0.5) is 0 Å². The van der Waals surface area contributed by atoms with Crippen molar-refractivity contribution in [3.05, 3.63) is 41.6 Å². The summed E-state index contributed by atoms with van der Waals surface area (Å²) in [5.74, 6) is 2.14. The lowest BCUT2D eigenvalue weighted by Crippen LogP contribution is -2.09. The van der Waals surface area contributed by atoms with Crippen LogP contribution in [-0.4, -0.2) is 50.8 Å². The Bertz CT molecular complexity index is 1220. The molecule has 0 aliphatic carbocycles. The molecule has 4 aromatic rings. The molecule has 0 amide bonds. The van der Waals surface area contributed by atoms with Gasteiger partial charge in [0.05, 0.1) is 24.8 Å². The van der Waals surface area contributed by atoms with Crippen molar-refractivity contribution in [3.8, 4) is 33.6 Å². The number of methoxy groups -OCH3 is 2. The highest BCUT2D eigenvalue weighted by atomic mass is 32.2. The first-order chi connectivity index (χ1) is 16.1. The van der Waals surface area contributed by atoms with Gasteiger partial charge in [0.1, 0.15) is 0 Å². The number of thioether (sulfide) groups is 1. The molecule has 0 aliphatic rings. The van der Waals surface area contributed by atoms with Crippen LogP contribution >= 0.6 is 23.1 Å². The SMILES string of the molecule is CCn1c(SCC(=O)OCc2nc(-c3ccc(OC)c(OC)c3)no2)nnc1-c1cccs1. The molecule has 0 bridgehead atoms. The second-order valence-electron chi connectivity index (χ2n) is 6.56. The summed E-state index contributed by atoms with van der Waals surface area (Å²) in [4.78, 5) is 17.5. The Hall–Kier alpha value is -3.38. The van der Waals surface area contributed by atoms with Crippen LogP contribution in [0.3, 0.4) is 0 Å². The van der Waals surface area contributed by atoms with Crippen LogP contribution in [0, 0.1) is 0 Å². The molecule has 0 aliphatic heterocycles. The lowest BCUT2D eigenvalue weighted by molar-refractivity contribution is -0.142. The first kappa shape index (κ1) is 22.8. The van der Waals surface area contributed by atoms with Crippen LogP contribution in [-0.2, 0) is 22.7 Å². The third-order valence-corrected chi connectivity index (χ3v) is 6.37. The second kappa shape index (κ2) is 10.5. The summed E-state index contributed by atoms with van der Waals surface area (Å²) >= 11 is 2.86. The summed E-state index contributed by atoms with van der Waals surface area (Å²) in [6, 6.07) is 9.23. The Balaban J connectivity index is 1.33. The maximum absolute atomic E-state index is 12.2. The predicted molar refractivity (Wildman–Crippen MR) is 122 cm³/mol. The molecule has 0 radical (unpaired) electrons. The summed E-state index contributed by atoms with van der Waals surface area (Å²) in [6.07, 6.45) is 0. The fourth-order valence-corrected chi connectivity index (χ4v) is 4.50. The van der Waals surface area contributed by atoms with E-state index in [2.05, 4.69) is 20.3 Å². The van der Waals surface area contributed by atoms with Gasteiger partial charge < -0.3 is 23.3 Å². The van der Waals surface area contributed by atoms with Gasteiger partial charge in [-0.2, -0.15) is 4.98 Å². The van der Waals surface area contributed by atoms with Crippen molar-refractivity contribution in [2.75, 3.05) is 20.0 Å². The summed E-state index contributed by atoms with van der Waals surface area (Å²) < 4.78 is 23.0. The number of carbonyl (C=O) groups excluding carboxylic acids is 1. The highest BCUT2D eigenvalue weighted by Gasteiger charge is 2.17. The van der Waals surface area contributed by atoms with Crippen molar-refractivity contribution < 1.29 is 23.5 Å². The monoisotopic (exact) mass is 487 g/mol. The maximum atomic E-state index is 12.2. The Morgan fingerprint density at radius 1 is 1.18 bits per heavy atom. The van der Waals surface area contributed by atoms with Gasteiger partial charge in [0, 0.05) is 12.1 Å². The number of nitrogens with zero attached hydrogens (tertiary/aromatic N) is 5. The molecule has 12 heteroatoms. The van der Waals surface area contributed by atoms with E-state index in [-0.39, 0.29) is 18.3 Å². The van der Waals surface area contributed by atoms with E-state index in [0.29, 0.717) is 34.6 Å². The van der Waals surface area contributed by atoms with E-state index in [1.54, 1.807) is 43.8 Å². The van der Waals surface area contributed by atoms with Gasteiger partial charge in [-0.25, -0.2) is 0 Å². The van der Waals surface area contributed by atoms with Crippen molar-refractivity contribution >= 4 is 29.1 Å². The number of rotatable bonds is 10. The number of carbonyl (C=O) groups is 1. The molecule has 0 fully saturated rings. The summed E-state index contributed by atoms with van der Waals surface area (Å²) in [5, 5.41) is 15.1. The molecule has 1 aromatic carbocycles. The highest BCUT2D eigenvalue weighted by Crippen LogP contribution is 2.31. The zero-order valence-electron chi connectivity index (χ0n) is 18.2. The molecule has 0 atom stereocenters. The molecule has 33 heavy (non-hydrogen) atoms. The Kier molecular flexibility index (Phi) is 7.25. The molecular formula is C21H21N5O5S2. The number of benzene rings is 1. The van der Waals surface area contributed by atoms with Gasteiger partial charge in [-0.05, 0) is 36.6 Å². The van der Waals surface area contributed by atoms with Crippen molar-refractivity contribution in [2.45, 2.75) is 25.2 Å². The Morgan fingerprint density at radius 3 is 2.76 bits per heavy atom. The third kappa shape index (κ3) is 5.17. The van der Waals surface area contributed by atoms with Crippen LogP contribution in [0.2, 0.25) is 0 Å². The molecule has 0 spiro atoms. The van der Waals surface area contributed by atoms with E-state index in [4.69, 9.17) is 18.7 Å². The van der Waals surface area contributed by atoms with Crippen molar-refractivity contribution in [1.82, 2.24) is 24.9 Å². The van der Waals surface area contributed by atoms with Crippen molar-refractivity contribution in [3.63, 3.8) is 0 Å². The first-order valence-electron chi connectivity index (χ1n) is 9.93. The zero-order valence-corrected chi connectivity index (χ0v) is 19.8. The van der Waals surface area contributed by atoms with Crippen molar-refractivity contribution in [1.29, 1.82) is 0 Å². The number of hydrogen-bond acceptors (Lipinski definition) is 11. The van der Waals surface area contributed by atoms with E-state index < -0.39 is 5.97 Å². The maximum Gasteiger partial charge on any atom is 0.316 e. The number of thiophene rings is 1. The molecule has 0 saturated carbocycles. The highest BCUT2D eigenvalue weighted by molar-refractivity contribution is 7.99. The number of aromatic nitrogens is 5. The smallest absolute Gasteiger partial charge is 0.316 e. The number of ether oxygens (including phenoxy) is 3. The molecule has 10 nitrogen and oxygen atoms in total. The Labute approximate surface area is 197 Å². The minimum absolute atomic E-state index is 0.0826. The first-order valence-corrected chi connectivity index (χ1v) is 11.8. The molecular weight excluding hydrogens is 466 g/mol. The summed E-state index contributed by atoms with van der Waals surface area (Å²) in [5.41, 5.74) is 0.685. The van der Waals surface area contributed by atoms with Crippen LogP contribution in [0.1, 0.15) is 12.8 Å². The van der Waals surface area contributed by atoms with E-state index in [1.807, 2.05) is 29.0 Å². The van der Waals surface area contributed by atoms with Gasteiger partial charge in [0.25, 0.3) is 5.89 Å². The Morgan fingerprint density at radius 2 is 2.03 bits per heavy atom. The van der Waals surface area contributed by atoms with E-state index in [9.17, 15) is 4.79 Å². The molecule has 3 aromatic heterocycles. The fraction of sp³-hybridized carbons (Fsp3) is 0.286. The summed E-state index contributed by atoms with van der Waals surface area (Å²) in [6.45, 7) is 2.58. The average Bonchev–Trinajstić information content (AvgIpc) is 3.61. The standard InChI is InChI=1S/C21H21N5O5S2/c1-4-26-20(16-6-5-9-32-16)23-24-21(26)33-12-18(27)30-11-17-22-19(25-31-17)13-7-8-14(28-2)15(10-13)29-3/h5-10H,4,11-12H2,1-3H3. The lowest BCUT2D eigenvalue weighted by atomic mass is 10.2. The summed E-state index contributed by atoms with van der Waals surface area (Å²) in [7, 11) is 3.11. The van der Waals surface area contributed by atoms with Gasteiger partial charge in [-0.3, -0.25) is 4.79 Å². The molecule has 0 saturated heterocycles. The predicted octanol–water partition coefficient (Wildman–Crippen LogP) is 3.93. The van der Waals surface area contributed by atoms with Crippen LogP contribution in [0.25, 0.3) is 22.1 Å². The van der Waals surface area contributed by atoms with Crippen LogP contribution < -0.4 is 9.47 Å². The minimum Gasteiger partial charge on any atom is -0.493 e. The third-order valence-electron chi connectivity index (χ3n) is 4.56. The lowest BCUT2D eigenvalue weighted by Gasteiger charge is -2.07. The second-order valence-corrected chi connectivity index (χ2v) is 8.45. The molecule has 0 unspecified atom stereocenters. The molecule has 3 heterocycles. The van der Waals surface area contributed by atoms with Crippen LogP contribution in [0.5, 0.6) is 11.5 Å². The zero-order chi connectivity index (χ0) is 23.2. The largest absolute Gasteiger partial charge is 0.493 e. The van der Waals surface area contributed by atoms with Gasteiger partial charge >= 0.3 is 5.97 Å². The normalized spacial score (nSPS) is 10.9. The number of esters is 1. The van der Waals surface area contributed by atoms with E-state index in [0.717, 1.165) is 10.7 Å². The van der Waals surface area contributed by atoms with Gasteiger partial charge in [-0.15, -0.1) is 21.5 Å². The molecule has 4 rings (SSSR count). The van der Waals surface area contributed by atoms with Gasteiger partial charge in [-0.1, -0.05) is 23.0 Å². The topological polar surface area (TPSA) is 114 Å². The van der Waals surface area contributed by atoms with E-state index >= 15 is 0 Å². The van der Waals surface area contributed by atoms with Gasteiger partial charge in [0.2, 0.25) is 5.82 Å². The fourth-order valence-electron chi connectivity index (χ4n) is 2.98. The van der Waals surface area contributed by atoms with Crippen molar-refractivity contribution in [2.24, 2.45) is 0 Å². The van der Waals surface area contributed by atoms with Gasteiger partial charge in [0.15, 0.2) is 29.1 Å². The minimum atomic E-state index is -0.422.